The van der Waals surface area contributed by atoms with Gasteiger partial charge < -0.3 is 4.90 Å². The van der Waals surface area contributed by atoms with Crippen molar-refractivity contribution in [1.82, 2.24) is 0 Å². The van der Waals surface area contributed by atoms with E-state index in [1.807, 2.05) is 4.90 Å². The maximum absolute atomic E-state index is 12.8. The van der Waals surface area contributed by atoms with E-state index < -0.39 is 11.7 Å². The van der Waals surface area contributed by atoms with Crippen molar-refractivity contribution in [3.63, 3.8) is 0 Å². The molecule has 0 saturated heterocycles. The lowest BCUT2D eigenvalue weighted by molar-refractivity contribution is -0.137. The smallest absolute Gasteiger partial charge is 0.365 e. The zero-order valence-electron chi connectivity index (χ0n) is 10.8. The van der Waals surface area contributed by atoms with E-state index in [2.05, 4.69) is 6.58 Å². The Morgan fingerprint density at radius 2 is 1.95 bits per heavy atom. The second-order valence-electron chi connectivity index (χ2n) is 4.93. The van der Waals surface area contributed by atoms with Gasteiger partial charge in [-0.1, -0.05) is 25.0 Å². The third kappa shape index (κ3) is 3.31. The van der Waals surface area contributed by atoms with Crippen LogP contribution in [0.15, 0.2) is 36.9 Å². The zero-order chi connectivity index (χ0) is 13.9. The molecule has 1 nitrogen and oxygen atoms in total. The topological polar surface area (TPSA) is 3.24 Å². The first-order chi connectivity index (χ1) is 9.02. The van der Waals surface area contributed by atoms with Crippen molar-refractivity contribution in [3.8, 4) is 0 Å². The monoisotopic (exact) mass is 269 g/mol. The van der Waals surface area contributed by atoms with E-state index in [0.29, 0.717) is 18.3 Å². The number of benzene rings is 1. The molecule has 1 aliphatic rings. The number of alkyl halides is 3. The Bertz CT molecular complexity index is 433. The minimum atomic E-state index is -4.29. The van der Waals surface area contributed by atoms with Crippen LogP contribution in [0.5, 0.6) is 0 Å². The molecule has 1 aliphatic carbocycles. The fourth-order valence-corrected chi connectivity index (χ4v) is 2.68. The van der Waals surface area contributed by atoms with Crippen LogP contribution in [-0.4, -0.2) is 12.6 Å². The van der Waals surface area contributed by atoms with E-state index in [1.165, 1.54) is 12.1 Å². The zero-order valence-corrected chi connectivity index (χ0v) is 10.8. The highest BCUT2D eigenvalue weighted by Crippen LogP contribution is 2.34. The summed E-state index contributed by atoms with van der Waals surface area (Å²) in [5.74, 6) is 0. The van der Waals surface area contributed by atoms with Gasteiger partial charge in [-0.05, 0) is 31.0 Å². The molecular formula is C15H18F3N. The lowest BCUT2D eigenvalue weighted by atomic mass is 10.1. The van der Waals surface area contributed by atoms with Crippen LogP contribution in [0.25, 0.3) is 0 Å². The van der Waals surface area contributed by atoms with Crippen LogP contribution in [0, 0.1) is 0 Å². The van der Waals surface area contributed by atoms with Gasteiger partial charge in [-0.15, -0.1) is 6.58 Å². The highest BCUT2D eigenvalue weighted by Gasteiger charge is 2.31. The van der Waals surface area contributed by atoms with Crippen LogP contribution in [0.4, 0.5) is 18.9 Å². The van der Waals surface area contributed by atoms with Crippen LogP contribution >= 0.6 is 0 Å². The van der Waals surface area contributed by atoms with Gasteiger partial charge in [0.15, 0.2) is 0 Å². The van der Waals surface area contributed by atoms with E-state index >= 15 is 0 Å². The van der Waals surface area contributed by atoms with Crippen molar-refractivity contribution in [2.75, 3.05) is 11.4 Å². The molecule has 0 spiro atoms. The summed E-state index contributed by atoms with van der Waals surface area (Å²) in [5.41, 5.74) is 0.0543. The Morgan fingerprint density at radius 1 is 1.26 bits per heavy atom. The number of halogens is 3. The molecule has 0 N–H and O–H groups in total. The number of nitrogens with zero attached hydrogens (tertiary/aromatic N) is 1. The van der Waals surface area contributed by atoms with Crippen LogP contribution in [0.3, 0.4) is 0 Å². The summed E-state index contributed by atoms with van der Waals surface area (Å²) in [4.78, 5) is 2.04. The van der Waals surface area contributed by atoms with Crippen molar-refractivity contribution in [1.29, 1.82) is 0 Å². The summed E-state index contributed by atoms with van der Waals surface area (Å²) in [6.45, 7) is 4.29. The minimum Gasteiger partial charge on any atom is -0.365 e. The van der Waals surface area contributed by atoms with Gasteiger partial charge in [-0.3, -0.25) is 0 Å². The van der Waals surface area contributed by atoms with Gasteiger partial charge in [-0.2, -0.15) is 13.2 Å². The third-order valence-electron chi connectivity index (χ3n) is 3.60. The van der Waals surface area contributed by atoms with Gasteiger partial charge in [0.05, 0.1) is 5.56 Å². The van der Waals surface area contributed by atoms with Crippen molar-refractivity contribution < 1.29 is 13.2 Å². The molecule has 4 heteroatoms. The van der Waals surface area contributed by atoms with Crippen molar-refractivity contribution in [2.24, 2.45) is 0 Å². The molecule has 0 bridgehead atoms. The molecule has 0 heterocycles. The van der Waals surface area contributed by atoms with Crippen molar-refractivity contribution in [2.45, 2.75) is 37.9 Å². The number of hydrogen-bond acceptors (Lipinski definition) is 1. The summed E-state index contributed by atoms with van der Waals surface area (Å²) >= 11 is 0. The van der Waals surface area contributed by atoms with Gasteiger partial charge in [0.1, 0.15) is 0 Å². The van der Waals surface area contributed by atoms with E-state index in [-0.39, 0.29) is 0 Å². The average molecular weight is 269 g/mol. The first-order valence-corrected chi connectivity index (χ1v) is 6.57. The fraction of sp³-hybridized carbons (Fsp3) is 0.467. The molecule has 0 radical (unpaired) electrons. The third-order valence-corrected chi connectivity index (χ3v) is 3.60. The van der Waals surface area contributed by atoms with Crippen LogP contribution < -0.4 is 4.90 Å². The molecule has 1 aromatic rings. The molecule has 0 unspecified atom stereocenters. The molecule has 104 valence electrons. The molecule has 1 aromatic carbocycles. The second kappa shape index (κ2) is 5.68. The number of rotatable bonds is 4. The molecule has 0 aromatic heterocycles. The second-order valence-corrected chi connectivity index (χ2v) is 4.93. The molecule has 0 atom stereocenters. The van der Waals surface area contributed by atoms with Gasteiger partial charge in [0.25, 0.3) is 0 Å². The fourth-order valence-electron chi connectivity index (χ4n) is 2.68. The normalized spacial score (nSPS) is 16.6. The molecular weight excluding hydrogens is 251 g/mol. The maximum Gasteiger partial charge on any atom is 0.416 e. The Kier molecular flexibility index (Phi) is 4.17. The van der Waals surface area contributed by atoms with Gasteiger partial charge in [0.2, 0.25) is 0 Å². The highest BCUT2D eigenvalue weighted by atomic mass is 19.4. The first-order valence-electron chi connectivity index (χ1n) is 6.57. The SMILES string of the molecule is C=CCN(c1cccc(C(F)(F)F)c1)C1CCCC1. The predicted molar refractivity (Wildman–Crippen MR) is 71.2 cm³/mol. The lowest BCUT2D eigenvalue weighted by Gasteiger charge is -2.30. The number of anilines is 1. The largest absolute Gasteiger partial charge is 0.416 e. The van der Waals surface area contributed by atoms with Gasteiger partial charge in [-0.25, -0.2) is 0 Å². The molecule has 2 rings (SSSR count). The average Bonchev–Trinajstić information content (AvgIpc) is 2.88. The quantitative estimate of drug-likeness (QED) is 0.720. The summed E-state index contributed by atoms with van der Waals surface area (Å²) in [6.07, 6.45) is 1.85. The molecule has 1 saturated carbocycles. The molecule has 0 amide bonds. The Hall–Kier alpha value is -1.45. The maximum atomic E-state index is 12.8. The Morgan fingerprint density at radius 3 is 2.53 bits per heavy atom. The standard InChI is InChI=1S/C15H18F3N/c1-2-10-19(13-7-3-4-8-13)14-9-5-6-12(11-14)15(16,17)18/h2,5-6,9,11,13H,1,3-4,7-8,10H2. The van der Waals surface area contributed by atoms with Gasteiger partial charge in [0, 0.05) is 18.3 Å². The molecule has 1 fully saturated rings. The summed E-state index contributed by atoms with van der Waals surface area (Å²) in [6, 6.07) is 5.91. The first kappa shape index (κ1) is 14.0. The van der Waals surface area contributed by atoms with Crippen LogP contribution in [0.1, 0.15) is 31.2 Å². The highest BCUT2D eigenvalue weighted by molar-refractivity contribution is 5.51. The summed E-state index contributed by atoms with van der Waals surface area (Å²) in [5, 5.41) is 0. The van der Waals surface area contributed by atoms with Gasteiger partial charge >= 0.3 is 6.18 Å². The van der Waals surface area contributed by atoms with E-state index in [4.69, 9.17) is 0 Å². The lowest BCUT2D eigenvalue weighted by Crippen LogP contribution is -2.33. The minimum absolute atomic E-state index is 0.335. The Labute approximate surface area is 111 Å². The Balaban J connectivity index is 2.28. The van der Waals surface area contributed by atoms with Crippen LogP contribution in [0.2, 0.25) is 0 Å². The van der Waals surface area contributed by atoms with Crippen molar-refractivity contribution in [3.05, 3.63) is 42.5 Å². The van der Waals surface area contributed by atoms with Crippen LogP contribution in [-0.2, 0) is 6.18 Å². The predicted octanol–water partition coefficient (Wildman–Crippen LogP) is 4.64. The van der Waals surface area contributed by atoms with E-state index in [0.717, 1.165) is 31.7 Å². The van der Waals surface area contributed by atoms with Crippen molar-refractivity contribution >= 4 is 5.69 Å². The summed E-state index contributed by atoms with van der Waals surface area (Å²) in [7, 11) is 0. The van der Waals surface area contributed by atoms with E-state index in [9.17, 15) is 13.2 Å². The molecule has 19 heavy (non-hydrogen) atoms. The number of hydrogen-bond donors (Lipinski definition) is 0. The van der Waals surface area contributed by atoms with E-state index in [1.54, 1.807) is 12.1 Å². The summed E-state index contributed by atoms with van der Waals surface area (Å²) < 4.78 is 38.3. The molecule has 0 aliphatic heterocycles.